The molecule has 2 N–H and O–H groups in total. The van der Waals surface area contributed by atoms with Crippen LogP contribution in [0.25, 0.3) is 0 Å². The average Bonchev–Trinajstić information content (AvgIpc) is 2.64. The number of hydrogen-bond acceptors (Lipinski definition) is 3. The summed E-state index contributed by atoms with van der Waals surface area (Å²) in [5.41, 5.74) is 2.67. The first-order valence-corrected chi connectivity index (χ1v) is 10.8. The molecule has 0 spiro atoms. The molecule has 6 nitrogen and oxygen atoms in total. The molecular weight excluding hydrogens is 409 g/mol. The van der Waals surface area contributed by atoms with Gasteiger partial charge in [-0.2, -0.15) is 0 Å². The van der Waals surface area contributed by atoms with Crippen LogP contribution < -0.4 is 14.9 Å². The molecule has 2 amide bonds. The predicted molar refractivity (Wildman–Crippen MR) is 111 cm³/mol. The molecule has 0 unspecified atom stereocenters. The Bertz CT molecular complexity index is 980. The van der Waals surface area contributed by atoms with E-state index in [0.29, 0.717) is 33.7 Å². The van der Waals surface area contributed by atoms with Crippen molar-refractivity contribution in [3.8, 4) is 0 Å². The van der Waals surface area contributed by atoms with Crippen LogP contribution in [0.15, 0.2) is 36.4 Å². The second-order valence-electron chi connectivity index (χ2n) is 6.13. The molecule has 1 aliphatic rings. The van der Waals surface area contributed by atoms with Crippen molar-refractivity contribution in [1.29, 1.82) is 0 Å². The number of aryl methyl sites for hydroxylation is 1. The van der Waals surface area contributed by atoms with Crippen molar-refractivity contribution in [3.63, 3.8) is 0 Å². The Morgan fingerprint density at radius 1 is 1.07 bits per heavy atom. The van der Waals surface area contributed by atoms with Gasteiger partial charge < -0.3 is 10.6 Å². The van der Waals surface area contributed by atoms with E-state index in [1.807, 2.05) is 0 Å². The van der Waals surface area contributed by atoms with Gasteiger partial charge in [0.05, 0.1) is 21.5 Å². The van der Waals surface area contributed by atoms with Crippen molar-refractivity contribution in [2.75, 3.05) is 27.2 Å². The Labute approximate surface area is 168 Å². The van der Waals surface area contributed by atoms with Crippen molar-refractivity contribution in [3.05, 3.63) is 52.0 Å². The van der Waals surface area contributed by atoms with Crippen molar-refractivity contribution < 1.29 is 13.2 Å². The van der Waals surface area contributed by atoms with Crippen LogP contribution in [0, 0.1) is 0 Å². The number of carbonyl (C=O) groups is 1. The summed E-state index contributed by atoms with van der Waals surface area (Å²) in [6, 6.07) is 9.61. The van der Waals surface area contributed by atoms with E-state index in [0.717, 1.165) is 18.4 Å². The Morgan fingerprint density at radius 3 is 2.41 bits per heavy atom. The Balaban J connectivity index is 1.75. The molecule has 0 saturated heterocycles. The van der Waals surface area contributed by atoms with Gasteiger partial charge in [-0.15, -0.1) is 0 Å². The normalized spacial score (nSPS) is 13.8. The number of fused-ring (bicyclic) bond motifs is 1. The maximum Gasteiger partial charge on any atom is 0.323 e. The van der Waals surface area contributed by atoms with Crippen LogP contribution in [0.1, 0.15) is 18.9 Å². The number of sulfonamides is 1. The third kappa shape index (κ3) is 4.48. The van der Waals surface area contributed by atoms with Gasteiger partial charge in [0, 0.05) is 17.9 Å². The summed E-state index contributed by atoms with van der Waals surface area (Å²) in [4.78, 5) is 12.2. The van der Waals surface area contributed by atoms with E-state index in [4.69, 9.17) is 23.2 Å². The highest BCUT2D eigenvalue weighted by molar-refractivity contribution is 7.92. The topological polar surface area (TPSA) is 78.5 Å². The lowest BCUT2D eigenvalue weighted by Gasteiger charge is -2.30. The molecular formula is C18H19Cl2N3O3S. The van der Waals surface area contributed by atoms with E-state index < -0.39 is 16.1 Å². The lowest BCUT2D eigenvalue weighted by Crippen LogP contribution is -2.36. The molecule has 0 saturated carbocycles. The monoisotopic (exact) mass is 427 g/mol. The fraction of sp³-hybridized carbons (Fsp3) is 0.278. The van der Waals surface area contributed by atoms with Crippen LogP contribution in [0.2, 0.25) is 10.0 Å². The van der Waals surface area contributed by atoms with Gasteiger partial charge in [-0.05, 0) is 61.7 Å². The number of carbonyl (C=O) groups excluding carboxylic acids is 1. The number of rotatable bonds is 4. The second kappa shape index (κ2) is 7.96. The van der Waals surface area contributed by atoms with Crippen molar-refractivity contribution >= 4 is 56.3 Å². The van der Waals surface area contributed by atoms with Crippen molar-refractivity contribution in [2.24, 2.45) is 0 Å². The molecule has 0 atom stereocenters. The Kier molecular flexibility index (Phi) is 5.83. The first-order chi connectivity index (χ1) is 12.8. The molecule has 0 fully saturated rings. The summed E-state index contributed by atoms with van der Waals surface area (Å²) in [5, 5.41) is 6.18. The van der Waals surface area contributed by atoms with Crippen LogP contribution in [0.5, 0.6) is 0 Å². The van der Waals surface area contributed by atoms with Gasteiger partial charge >= 0.3 is 6.03 Å². The quantitative estimate of drug-likeness (QED) is 0.739. The predicted octanol–water partition coefficient (Wildman–Crippen LogP) is 4.74. The zero-order valence-electron chi connectivity index (χ0n) is 14.6. The molecule has 0 radical (unpaired) electrons. The third-order valence-electron chi connectivity index (χ3n) is 4.29. The third-order valence-corrected chi connectivity index (χ3v) is 6.81. The number of benzene rings is 2. The minimum absolute atomic E-state index is 0.0541. The van der Waals surface area contributed by atoms with E-state index in [1.54, 1.807) is 43.3 Å². The maximum atomic E-state index is 12.3. The summed E-state index contributed by atoms with van der Waals surface area (Å²) in [6.45, 7) is 2.11. The zero-order chi connectivity index (χ0) is 19.6. The Hall–Kier alpha value is -1.96. The SMILES string of the molecule is CCS(=O)(=O)N1CCCc2cc(NC(=O)Nc3ccc(Cl)c(Cl)c3)ccc21. The van der Waals surface area contributed by atoms with Crippen LogP contribution in [-0.4, -0.2) is 26.7 Å². The van der Waals surface area contributed by atoms with Gasteiger partial charge in [-0.25, -0.2) is 13.2 Å². The molecule has 1 heterocycles. The molecule has 0 aromatic heterocycles. The summed E-state index contributed by atoms with van der Waals surface area (Å²) < 4.78 is 26.0. The van der Waals surface area contributed by atoms with Crippen molar-refractivity contribution in [2.45, 2.75) is 19.8 Å². The van der Waals surface area contributed by atoms with E-state index in [-0.39, 0.29) is 5.75 Å². The summed E-state index contributed by atoms with van der Waals surface area (Å²) in [6.07, 6.45) is 1.50. The Morgan fingerprint density at radius 2 is 1.74 bits per heavy atom. The molecule has 2 aromatic carbocycles. The van der Waals surface area contributed by atoms with Gasteiger partial charge in [-0.1, -0.05) is 23.2 Å². The molecule has 9 heteroatoms. The molecule has 0 bridgehead atoms. The fourth-order valence-electron chi connectivity index (χ4n) is 2.95. The van der Waals surface area contributed by atoms with E-state index >= 15 is 0 Å². The maximum absolute atomic E-state index is 12.3. The average molecular weight is 428 g/mol. The van der Waals surface area contributed by atoms with Gasteiger partial charge in [0.2, 0.25) is 10.0 Å². The van der Waals surface area contributed by atoms with Gasteiger partial charge in [0.25, 0.3) is 0 Å². The first-order valence-electron chi connectivity index (χ1n) is 8.46. The lowest BCUT2D eigenvalue weighted by molar-refractivity contribution is 0.262. The summed E-state index contributed by atoms with van der Waals surface area (Å²) in [7, 11) is -3.31. The van der Waals surface area contributed by atoms with E-state index in [1.165, 1.54) is 4.31 Å². The molecule has 144 valence electrons. The number of nitrogens with one attached hydrogen (secondary N) is 2. The number of hydrogen-bond donors (Lipinski definition) is 2. The molecule has 3 rings (SSSR count). The van der Waals surface area contributed by atoms with Gasteiger partial charge in [0.15, 0.2) is 0 Å². The van der Waals surface area contributed by atoms with Crippen LogP contribution in [0.4, 0.5) is 21.9 Å². The van der Waals surface area contributed by atoms with Crippen LogP contribution in [-0.2, 0) is 16.4 Å². The minimum atomic E-state index is -3.31. The molecule has 2 aromatic rings. The van der Waals surface area contributed by atoms with E-state index in [9.17, 15) is 13.2 Å². The van der Waals surface area contributed by atoms with Gasteiger partial charge in [0.1, 0.15) is 0 Å². The molecule has 27 heavy (non-hydrogen) atoms. The fourth-order valence-corrected chi connectivity index (χ4v) is 4.45. The number of halogens is 2. The number of amides is 2. The van der Waals surface area contributed by atoms with E-state index in [2.05, 4.69) is 10.6 Å². The summed E-state index contributed by atoms with van der Waals surface area (Å²) >= 11 is 11.8. The standard InChI is InChI=1S/C18H19Cl2N3O3S/c1-2-27(25,26)23-9-3-4-12-10-13(6-8-17(12)23)21-18(24)22-14-5-7-15(19)16(20)11-14/h5-8,10-11H,2-4,9H2,1H3,(H2,21,22,24). The first kappa shape index (κ1) is 19.8. The van der Waals surface area contributed by atoms with Crippen molar-refractivity contribution in [1.82, 2.24) is 0 Å². The highest BCUT2D eigenvalue weighted by atomic mass is 35.5. The van der Waals surface area contributed by atoms with Crippen LogP contribution >= 0.6 is 23.2 Å². The second-order valence-corrected chi connectivity index (χ2v) is 9.12. The van der Waals surface area contributed by atoms with Crippen LogP contribution in [0.3, 0.4) is 0 Å². The molecule has 1 aliphatic heterocycles. The zero-order valence-corrected chi connectivity index (χ0v) is 17.0. The minimum Gasteiger partial charge on any atom is -0.308 e. The smallest absolute Gasteiger partial charge is 0.308 e. The number of anilines is 3. The van der Waals surface area contributed by atoms with Gasteiger partial charge in [-0.3, -0.25) is 4.31 Å². The molecule has 0 aliphatic carbocycles. The summed E-state index contributed by atoms with van der Waals surface area (Å²) in [5.74, 6) is 0.0541. The lowest BCUT2D eigenvalue weighted by atomic mass is 10.0. The largest absolute Gasteiger partial charge is 0.323 e. The number of urea groups is 1. The number of nitrogens with zero attached hydrogens (tertiary/aromatic N) is 1. The highest BCUT2D eigenvalue weighted by Crippen LogP contribution is 2.32. The highest BCUT2D eigenvalue weighted by Gasteiger charge is 2.26.